The summed E-state index contributed by atoms with van der Waals surface area (Å²) in [5.74, 6) is 1.03. The van der Waals surface area contributed by atoms with Gasteiger partial charge >= 0.3 is 0 Å². The first kappa shape index (κ1) is 23.2. The first-order valence-corrected chi connectivity index (χ1v) is 11.9. The summed E-state index contributed by atoms with van der Waals surface area (Å²) in [6.45, 7) is 0.643. The van der Waals surface area contributed by atoms with Crippen LogP contribution in [0.5, 0.6) is 11.5 Å². The SMILES string of the molecule is NCC1CCC(C[C@H](NS(=O)(=O)c2ccc(Oc3ccccc3)cc2)C(=O)NO)CC1. The minimum atomic E-state index is -3.97. The summed E-state index contributed by atoms with van der Waals surface area (Å²) in [7, 11) is -3.97. The van der Waals surface area contributed by atoms with Crippen molar-refractivity contribution in [2.45, 2.75) is 43.0 Å². The molecule has 0 aliphatic heterocycles. The van der Waals surface area contributed by atoms with Crippen LogP contribution in [0.15, 0.2) is 59.5 Å². The van der Waals surface area contributed by atoms with Crippen LogP contribution >= 0.6 is 0 Å². The predicted octanol–water partition coefficient (Wildman–Crippen LogP) is 2.79. The molecular weight excluding hydrogens is 418 g/mol. The molecule has 0 saturated heterocycles. The molecule has 1 fully saturated rings. The quantitative estimate of drug-likeness (QED) is 0.345. The fourth-order valence-electron chi connectivity index (χ4n) is 3.89. The summed E-state index contributed by atoms with van der Waals surface area (Å²) in [5.41, 5.74) is 7.30. The lowest BCUT2D eigenvalue weighted by molar-refractivity contribution is -0.131. The molecule has 0 radical (unpaired) electrons. The highest BCUT2D eigenvalue weighted by molar-refractivity contribution is 7.89. The number of carbonyl (C=O) groups excluding carboxylic acids is 1. The van der Waals surface area contributed by atoms with Crippen molar-refractivity contribution in [1.29, 1.82) is 0 Å². The molecule has 168 valence electrons. The maximum Gasteiger partial charge on any atom is 0.261 e. The molecule has 8 nitrogen and oxygen atoms in total. The molecule has 0 unspecified atom stereocenters. The number of benzene rings is 2. The summed E-state index contributed by atoms with van der Waals surface area (Å²) >= 11 is 0. The van der Waals surface area contributed by atoms with Crippen LogP contribution in [-0.4, -0.2) is 32.1 Å². The Bertz CT molecular complexity index is 943. The summed E-state index contributed by atoms with van der Waals surface area (Å²) in [6.07, 6.45) is 4.00. The number of para-hydroxylation sites is 1. The Labute approximate surface area is 182 Å². The number of carbonyl (C=O) groups is 1. The number of hydroxylamine groups is 1. The van der Waals surface area contributed by atoms with E-state index in [0.29, 0.717) is 30.4 Å². The summed E-state index contributed by atoms with van der Waals surface area (Å²) in [6, 6.07) is 14.0. The predicted molar refractivity (Wildman–Crippen MR) is 116 cm³/mol. The normalized spacial score (nSPS) is 20.1. The van der Waals surface area contributed by atoms with Gasteiger partial charge in [-0.15, -0.1) is 0 Å². The highest BCUT2D eigenvalue weighted by Crippen LogP contribution is 2.31. The van der Waals surface area contributed by atoms with Gasteiger partial charge in [0.2, 0.25) is 10.0 Å². The Hall–Kier alpha value is -2.46. The Kier molecular flexibility index (Phi) is 8.03. The van der Waals surface area contributed by atoms with Crippen molar-refractivity contribution in [2.24, 2.45) is 17.6 Å². The standard InChI is InChI=1S/C22H29N3O5S/c23-15-17-8-6-16(7-9-17)14-21(22(26)24-27)25-31(28,29)20-12-10-19(11-13-20)30-18-4-2-1-3-5-18/h1-5,10-13,16-17,21,25,27H,6-9,14-15,23H2,(H,24,26)/t16?,17?,21-/m0/s1. The largest absolute Gasteiger partial charge is 0.457 e. The van der Waals surface area contributed by atoms with E-state index in [1.165, 1.54) is 12.1 Å². The lowest BCUT2D eigenvalue weighted by Gasteiger charge is -2.30. The van der Waals surface area contributed by atoms with Crippen LogP contribution in [-0.2, 0) is 14.8 Å². The molecule has 0 bridgehead atoms. The van der Waals surface area contributed by atoms with E-state index in [1.54, 1.807) is 29.7 Å². The molecule has 2 aromatic carbocycles. The molecule has 1 saturated carbocycles. The smallest absolute Gasteiger partial charge is 0.261 e. The third kappa shape index (κ3) is 6.51. The van der Waals surface area contributed by atoms with Crippen molar-refractivity contribution < 1.29 is 23.2 Å². The van der Waals surface area contributed by atoms with E-state index in [4.69, 9.17) is 15.7 Å². The topological polar surface area (TPSA) is 131 Å². The lowest BCUT2D eigenvalue weighted by atomic mass is 9.79. The molecule has 0 heterocycles. The summed E-state index contributed by atoms with van der Waals surface area (Å²) < 4.78 is 33.8. The number of amides is 1. The van der Waals surface area contributed by atoms with Crippen molar-refractivity contribution in [3.05, 3.63) is 54.6 Å². The van der Waals surface area contributed by atoms with E-state index in [0.717, 1.165) is 25.7 Å². The van der Waals surface area contributed by atoms with Gasteiger partial charge in [-0.25, -0.2) is 13.9 Å². The van der Waals surface area contributed by atoms with Gasteiger partial charge in [0.05, 0.1) is 4.90 Å². The van der Waals surface area contributed by atoms with Crippen LogP contribution in [0.2, 0.25) is 0 Å². The monoisotopic (exact) mass is 447 g/mol. The number of nitrogens with one attached hydrogen (secondary N) is 2. The lowest BCUT2D eigenvalue weighted by Crippen LogP contribution is -2.47. The van der Waals surface area contributed by atoms with Gasteiger partial charge in [0.25, 0.3) is 5.91 Å². The van der Waals surface area contributed by atoms with Crippen molar-refractivity contribution in [3.8, 4) is 11.5 Å². The zero-order valence-electron chi connectivity index (χ0n) is 17.2. The van der Waals surface area contributed by atoms with Crippen LogP contribution in [0.3, 0.4) is 0 Å². The van der Waals surface area contributed by atoms with Crippen molar-refractivity contribution in [1.82, 2.24) is 10.2 Å². The molecule has 5 N–H and O–H groups in total. The maximum absolute atomic E-state index is 12.8. The highest BCUT2D eigenvalue weighted by atomic mass is 32.2. The Morgan fingerprint density at radius 1 is 1.00 bits per heavy atom. The summed E-state index contributed by atoms with van der Waals surface area (Å²) in [4.78, 5) is 12.2. The number of sulfonamides is 1. The van der Waals surface area contributed by atoms with Gasteiger partial charge < -0.3 is 10.5 Å². The number of rotatable bonds is 9. The zero-order valence-corrected chi connectivity index (χ0v) is 18.1. The first-order valence-electron chi connectivity index (χ1n) is 10.4. The molecule has 31 heavy (non-hydrogen) atoms. The van der Waals surface area contributed by atoms with Crippen molar-refractivity contribution in [3.63, 3.8) is 0 Å². The van der Waals surface area contributed by atoms with Crippen molar-refractivity contribution in [2.75, 3.05) is 6.54 Å². The van der Waals surface area contributed by atoms with Gasteiger partial charge in [0.15, 0.2) is 0 Å². The van der Waals surface area contributed by atoms with Gasteiger partial charge in [-0.2, -0.15) is 4.72 Å². The van der Waals surface area contributed by atoms with Crippen molar-refractivity contribution >= 4 is 15.9 Å². The van der Waals surface area contributed by atoms with Crippen LogP contribution in [0.25, 0.3) is 0 Å². The van der Waals surface area contributed by atoms with Gasteiger partial charge in [-0.05, 0) is 74.0 Å². The van der Waals surface area contributed by atoms with Crippen LogP contribution in [0.1, 0.15) is 32.1 Å². The molecule has 2 aromatic rings. The third-order valence-electron chi connectivity index (χ3n) is 5.71. The van der Waals surface area contributed by atoms with Crippen LogP contribution in [0.4, 0.5) is 0 Å². The van der Waals surface area contributed by atoms with Gasteiger partial charge in [0, 0.05) is 0 Å². The second kappa shape index (κ2) is 10.7. The fraction of sp³-hybridized carbons (Fsp3) is 0.409. The average Bonchev–Trinajstić information content (AvgIpc) is 2.79. The second-order valence-electron chi connectivity index (χ2n) is 7.89. The third-order valence-corrected chi connectivity index (χ3v) is 7.19. The number of nitrogens with two attached hydrogens (primary N) is 1. The van der Waals surface area contributed by atoms with E-state index < -0.39 is 22.0 Å². The first-order chi connectivity index (χ1) is 14.9. The van der Waals surface area contributed by atoms with Gasteiger partial charge in [0.1, 0.15) is 17.5 Å². The fourth-order valence-corrected chi connectivity index (χ4v) is 5.10. The van der Waals surface area contributed by atoms with Crippen LogP contribution < -0.4 is 20.7 Å². The minimum absolute atomic E-state index is 0.00971. The van der Waals surface area contributed by atoms with E-state index in [1.807, 2.05) is 18.2 Å². The Morgan fingerprint density at radius 3 is 2.16 bits per heavy atom. The van der Waals surface area contributed by atoms with E-state index in [9.17, 15) is 13.2 Å². The molecule has 3 rings (SSSR count). The van der Waals surface area contributed by atoms with Gasteiger partial charge in [-0.3, -0.25) is 10.0 Å². The highest BCUT2D eigenvalue weighted by Gasteiger charge is 2.30. The Balaban J connectivity index is 1.66. The molecule has 1 amide bonds. The molecule has 1 aliphatic rings. The van der Waals surface area contributed by atoms with Gasteiger partial charge in [-0.1, -0.05) is 31.0 Å². The molecule has 1 atom stereocenters. The minimum Gasteiger partial charge on any atom is -0.457 e. The van der Waals surface area contributed by atoms with E-state index in [-0.39, 0.29) is 10.8 Å². The zero-order chi connectivity index (χ0) is 22.3. The number of hydrogen-bond acceptors (Lipinski definition) is 6. The molecule has 0 spiro atoms. The Morgan fingerprint density at radius 2 is 1.58 bits per heavy atom. The van der Waals surface area contributed by atoms with E-state index >= 15 is 0 Å². The second-order valence-corrected chi connectivity index (χ2v) is 9.61. The molecule has 1 aliphatic carbocycles. The van der Waals surface area contributed by atoms with E-state index in [2.05, 4.69) is 4.72 Å². The maximum atomic E-state index is 12.8. The molecular formula is C22H29N3O5S. The summed E-state index contributed by atoms with van der Waals surface area (Å²) in [5, 5.41) is 9.09. The van der Waals surface area contributed by atoms with Crippen LogP contribution in [0, 0.1) is 11.8 Å². The number of ether oxygens (including phenoxy) is 1. The molecule has 9 heteroatoms. The average molecular weight is 448 g/mol. The number of hydrogen-bond donors (Lipinski definition) is 4. The molecule has 0 aromatic heterocycles.